The largest absolute Gasteiger partial charge is 0.298 e. The molecule has 0 aliphatic carbocycles. The predicted molar refractivity (Wildman–Crippen MR) is 58.3 cm³/mol. The molecule has 1 heterocycles. The van der Waals surface area contributed by atoms with Gasteiger partial charge in [0.15, 0.2) is 0 Å². The van der Waals surface area contributed by atoms with Crippen LogP contribution in [0.4, 0.5) is 0 Å². The molecule has 2 heteroatoms. The van der Waals surface area contributed by atoms with E-state index in [0.717, 1.165) is 5.92 Å². The fourth-order valence-corrected chi connectivity index (χ4v) is 2.29. The lowest BCUT2D eigenvalue weighted by Gasteiger charge is -2.31. The van der Waals surface area contributed by atoms with Gasteiger partial charge in [-0.15, -0.1) is 0 Å². The predicted octanol–water partition coefficient (Wildman–Crippen LogP) is 2.54. The van der Waals surface area contributed by atoms with Crippen molar-refractivity contribution in [3.63, 3.8) is 0 Å². The minimum Gasteiger partial charge on any atom is -0.298 e. The van der Waals surface area contributed by atoms with Crippen LogP contribution >= 0.6 is 22.6 Å². The summed E-state index contributed by atoms with van der Waals surface area (Å²) in [5, 5.41) is 0. The van der Waals surface area contributed by atoms with E-state index < -0.39 is 0 Å². The Kier molecular flexibility index (Phi) is 3.20. The summed E-state index contributed by atoms with van der Waals surface area (Å²) in [6.07, 6.45) is 1.40. The zero-order chi connectivity index (χ0) is 8.48. The molecule has 66 valence electrons. The first-order valence-electron chi connectivity index (χ1n) is 4.35. The van der Waals surface area contributed by atoms with Gasteiger partial charge in [0.05, 0.1) is 0 Å². The highest BCUT2D eigenvalue weighted by molar-refractivity contribution is 14.1. The van der Waals surface area contributed by atoms with E-state index in [-0.39, 0.29) is 0 Å². The fourth-order valence-electron chi connectivity index (χ4n) is 1.57. The standard InChI is InChI=1S/C9H18IN/c1-9(2,3)11-5-4-8(6-10)7-11/h8H,4-7H2,1-3H3/t8-/m0/s1. The van der Waals surface area contributed by atoms with E-state index in [1.165, 1.54) is 23.9 Å². The van der Waals surface area contributed by atoms with Crippen molar-refractivity contribution in [1.82, 2.24) is 4.90 Å². The minimum absolute atomic E-state index is 0.389. The Morgan fingerprint density at radius 1 is 1.45 bits per heavy atom. The first kappa shape index (κ1) is 9.78. The molecule has 0 N–H and O–H groups in total. The number of likely N-dealkylation sites (tertiary alicyclic amines) is 1. The van der Waals surface area contributed by atoms with E-state index in [0.29, 0.717) is 5.54 Å². The van der Waals surface area contributed by atoms with Crippen molar-refractivity contribution in [2.24, 2.45) is 5.92 Å². The van der Waals surface area contributed by atoms with Gasteiger partial charge < -0.3 is 0 Å². The molecule has 0 spiro atoms. The molecule has 0 radical (unpaired) electrons. The zero-order valence-corrected chi connectivity index (χ0v) is 9.89. The molecule has 0 saturated carbocycles. The van der Waals surface area contributed by atoms with Gasteiger partial charge in [0.2, 0.25) is 0 Å². The van der Waals surface area contributed by atoms with Crippen LogP contribution in [0.15, 0.2) is 0 Å². The molecule has 1 atom stereocenters. The SMILES string of the molecule is CC(C)(C)N1CC[C@@H](CI)C1. The average molecular weight is 267 g/mol. The molecule has 11 heavy (non-hydrogen) atoms. The van der Waals surface area contributed by atoms with Crippen LogP contribution in [0.2, 0.25) is 0 Å². The van der Waals surface area contributed by atoms with Crippen LogP contribution in [0.3, 0.4) is 0 Å². The summed E-state index contributed by atoms with van der Waals surface area (Å²) in [5.74, 6) is 0.954. The lowest BCUT2D eigenvalue weighted by molar-refractivity contribution is 0.170. The molecule has 1 saturated heterocycles. The monoisotopic (exact) mass is 267 g/mol. The normalized spacial score (nSPS) is 27.8. The average Bonchev–Trinajstić information content (AvgIpc) is 2.32. The van der Waals surface area contributed by atoms with Crippen molar-refractivity contribution in [3.05, 3.63) is 0 Å². The molecule has 0 amide bonds. The molecule has 1 nitrogen and oxygen atoms in total. The summed E-state index contributed by atoms with van der Waals surface area (Å²) in [6, 6.07) is 0. The molecular weight excluding hydrogens is 249 g/mol. The third kappa shape index (κ3) is 2.58. The second-order valence-corrected chi connectivity index (χ2v) is 5.31. The summed E-state index contributed by atoms with van der Waals surface area (Å²) in [4.78, 5) is 2.59. The maximum atomic E-state index is 2.59. The van der Waals surface area contributed by atoms with E-state index in [2.05, 4.69) is 48.3 Å². The molecule has 1 rings (SSSR count). The van der Waals surface area contributed by atoms with Crippen molar-refractivity contribution in [2.45, 2.75) is 32.7 Å². The Labute approximate surface area is 83.7 Å². The van der Waals surface area contributed by atoms with Crippen LogP contribution < -0.4 is 0 Å². The second-order valence-electron chi connectivity index (χ2n) is 4.43. The van der Waals surface area contributed by atoms with Crippen molar-refractivity contribution in [3.8, 4) is 0 Å². The zero-order valence-electron chi connectivity index (χ0n) is 7.73. The van der Waals surface area contributed by atoms with E-state index in [9.17, 15) is 0 Å². The Morgan fingerprint density at radius 2 is 2.09 bits per heavy atom. The molecule has 1 aliphatic rings. The Bertz CT molecular complexity index is 128. The highest BCUT2D eigenvalue weighted by Crippen LogP contribution is 2.25. The second kappa shape index (κ2) is 3.60. The molecule has 0 unspecified atom stereocenters. The number of halogens is 1. The number of hydrogen-bond acceptors (Lipinski definition) is 1. The molecule has 0 aromatic carbocycles. The Morgan fingerprint density at radius 3 is 2.36 bits per heavy atom. The van der Waals surface area contributed by atoms with Gasteiger partial charge in [-0.3, -0.25) is 4.90 Å². The first-order valence-corrected chi connectivity index (χ1v) is 5.87. The highest BCUT2D eigenvalue weighted by Gasteiger charge is 2.29. The lowest BCUT2D eigenvalue weighted by Crippen LogP contribution is -2.39. The van der Waals surface area contributed by atoms with Crippen molar-refractivity contribution in [2.75, 3.05) is 17.5 Å². The van der Waals surface area contributed by atoms with E-state index in [4.69, 9.17) is 0 Å². The van der Waals surface area contributed by atoms with Crippen LogP contribution in [0.1, 0.15) is 27.2 Å². The highest BCUT2D eigenvalue weighted by atomic mass is 127. The van der Waals surface area contributed by atoms with Gasteiger partial charge in [-0.05, 0) is 39.7 Å². The van der Waals surface area contributed by atoms with E-state index >= 15 is 0 Å². The summed E-state index contributed by atoms with van der Waals surface area (Å²) in [5.41, 5.74) is 0.389. The maximum Gasteiger partial charge on any atom is 0.0125 e. The quantitative estimate of drug-likeness (QED) is 0.521. The van der Waals surface area contributed by atoms with Gasteiger partial charge in [0, 0.05) is 16.5 Å². The van der Waals surface area contributed by atoms with Crippen molar-refractivity contribution >= 4 is 22.6 Å². The van der Waals surface area contributed by atoms with Crippen LogP contribution in [0.5, 0.6) is 0 Å². The Balaban J connectivity index is 2.42. The summed E-state index contributed by atoms with van der Waals surface area (Å²) in [7, 11) is 0. The topological polar surface area (TPSA) is 3.24 Å². The maximum absolute atomic E-state index is 2.59. The van der Waals surface area contributed by atoms with Crippen molar-refractivity contribution in [1.29, 1.82) is 0 Å². The van der Waals surface area contributed by atoms with Crippen LogP contribution in [-0.4, -0.2) is 28.0 Å². The van der Waals surface area contributed by atoms with Gasteiger partial charge in [-0.2, -0.15) is 0 Å². The summed E-state index contributed by atoms with van der Waals surface area (Å²) < 4.78 is 1.32. The Hall–Kier alpha value is 0.690. The number of rotatable bonds is 1. The summed E-state index contributed by atoms with van der Waals surface area (Å²) >= 11 is 2.50. The molecule has 0 aromatic heterocycles. The van der Waals surface area contributed by atoms with Crippen molar-refractivity contribution < 1.29 is 0 Å². The summed E-state index contributed by atoms with van der Waals surface area (Å²) in [6.45, 7) is 9.54. The van der Waals surface area contributed by atoms with Gasteiger partial charge >= 0.3 is 0 Å². The number of alkyl halides is 1. The van der Waals surface area contributed by atoms with Crippen LogP contribution in [0, 0.1) is 5.92 Å². The minimum atomic E-state index is 0.389. The third-order valence-electron chi connectivity index (χ3n) is 2.45. The van der Waals surface area contributed by atoms with E-state index in [1.807, 2.05) is 0 Å². The first-order chi connectivity index (χ1) is 5.04. The van der Waals surface area contributed by atoms with Gasteiger partial charge in [0.1, 0.15) is 0 Å². The van der Waals surface area contributed by atoms with Gasteiger partial charge in [0.25, 0.3) is 0 Å². The molecule has 1 aliphatic heterocycles. The molecule has 1 fully saturated rings. The van der Waals surface area contributed by atoms with Gasteiger partial charge in [-0.1, -0.05) is 22.6 Å². The van der Waals surface area contributed by atoms with Gasteiger partial charge in [-0.25, -0.2) is 0 Å². The molecule has 0 aromatic rings. The smallest absolute Gasteiger partial charge is 0.0125 e. The number of nitrogens with zero attached hydrogens (tertiary/aromatic N) is 1. The van der Waals surface area contributed by atoms with Crippen LogP contribution in [0.25, 0.3) is 0 Å². The fraction of sp³-hybridized carbons (Fsp3) is 1.00. The third-order valence-corrected chi connectivity index (χ3v) is 3.70. The molecular formula is C9H18IN. The number of hydrogen-bond donors (Lipinski definition) is 0. The molecule has 0 bridgehead atoms. The lowest BCUT2D eigenvalue weighted by atomic mass is 10.1. The van der Waals surface area contributed by atoms with Crippen LogP contribution in [-0.2, 0) is 0 Å². The van der Waals surface area contributed by atoms with E-state index in [1.54, 1.807) is 0 Å².